The highest BCUT2D eigenvalue weighted by Crippen LogP contribution is 1.97. The molecule has 0 aliphatic carbocycles. The molecule has 0 unspecified atom stereocenters. The number of likely N-dealkylation sites (N-methyl/N-ethyl adjacent to an activating group) is 1. The molecule has 0 atom stereocenters. The van der Waals surface area contributed by atoms with Gasteiger partial charge < -0.3 is 14.7 Å². The molecule has 0 aliphatic rings. The van der Waals surface area contributed by atoms with Crippen molar-refractivity contribution in [2.75, 3.05) is 61.4 Å². The Bertz CT molecular complexity index is 1210. The van der Waals surface area contributed by atoms with Crippen molar-refractivity contribution in [1.29, 1.82) is 0 Å². The summed E-state index contributed by atoms with van der Waals surface area (Å²) in [6.07, 6.45) is 28.6. The highest BCUT2D eigenvalue weighted by molar-refractivity contribution is 5.13. The van der Waals surface area contributed by atoms with Crippen molar-refractivity contribution >= 4 is 0 Å². The Labute approximate surface area is 455 Å². The number of hydrogen-bond acceptors (Lipinski definition) is 3. The monoisotopic (exact) mass is 996 g/mol. The van der Waals surface area contributed by atoms with Gasteiger partial charge in [-0.3, -0.25) is 0 Å². The molecule has 3 heteroatoms. The van der Waals surface area contributed by atoms with Gasteiger partial charge in [-0.05, 0) is 225 Å². The summed E-state index contributed by atoms with van der Waals surface area (Å²) in [6, 6.07) is 10.5. The number of benzene rings is 1. The normalized spacial score (nSPS) is 8.32. The fourth-order valence-electron chi connectivity index (χ4n) is 1.84. The Balaban J connectivity index is -0.0000000467. The Kier molecular flexibility index (Phi) is 152. The second kappa shape index (κ2) is 107. The van der Waals surface area contributed by atoms with Gasteiger partial charge >= 0.3 is 0 Å². The predicted octanol–water partition coefficient (Wildman–Crippen LogP) is 22.7. The predicted molar refractivity (Wildman–Crippen MR) is 350 cm³/mol. The fourth-order valence-corrected chi connectivity index (χ4v) is 1.84. The zero-order valence-corrected chi connectivity index (χ0v) is 55.1. The summed E-state index contributed by atoms with van der Waals surface area (Å²) in [5, 5.41) is 0. The first-order valence-corrected chi connectivity index (χ1v) is 26.7. The van der Waals surface area contributed by atoms with Crippen LogP contribution in [0.15, 0.2) is 163 Å². The van der Waals surface area contributed by atoms with Crippen molar-refractivity contribution in [3.8, 4) is 0 Å². The van der Waals surface area contributed by atoms with E-state index in [-0.39, 0.29) is 0 Å². The molecule has 0 aromatic heterocycles. The van der Waals surface area contributed by atoms with Crippen LogP contribution in [0.4, 0.5) is 0 Å². The Morgan fingerprint density at radius 1 is 0.451 bits per heavy atom. The van der Waals surface area contributed by atoms with E-state index in [1.807, 2.05) is 126 Å². The second-order valence-electron chi connectivity index (χ2n) is 17.3. The first-order chi connectivity index (χ1) is 33.0. The average Bonchev–Trinajstić information content (AvgIpc) is 3.33. The lowest BCUT2D eigenvalue weighted by molar-refractivity contribution is 0.373. The first kappa shape index (κ1) is 100. The van der Waals surface area contributed by atoms with Gasteiger partial charge in [0.25, 0.3) is 0 Å². The number of aryl methyl sites for hydroxylation is 1. The number of rotatable bonds is 9. The summed E-state index contributed by atoms with van der Waals surface area (Å²) in [6.45, 7) is 74.3. The van der Waals surface area contributed by atoms with Gasteiger partial charge in [0.2, 0.25) is 0 Å². The molecule has 0 bridgehead atoms. The lowest BCUT2D eigenvalue weighted by Crippen LogP contribution is -2.15. The molecule has 0 N–H and O–H groups in total. The minimum Gasteiger partial charge on any atom is -0.310 e. The summed E-state index contributed by atoms with van der Waals surface area (Å²) >= 11 is 0. The molecular weight excluding hydrogens is 859 g/mol. The molecule has 0 saturated carbocycles. The van der Waals surface area contributed by atoms with Gasteiger partial charge in [-0.25, -0.2) is 0 Å². The van der Waals surface area contributed by atoms with Crippen molar-refractivity contribution in [1.82, 2.24) is 14.7 Å². The summed E-state index contributed by atoms with van der Waals surface area (Å²) in [4.78, 5) is 6.44. The lowest BCUT2D eigenvalue weighted by Gasteiger charge is -2.07. The molecule has 71 heavy (non-hydrogen) atoms. The van der Waals surface area contributed by atoms with E-state index in [1.165, 1.54) is 45.4 Å². The molecule has 1 aromatic carbocycles. The Morgan fingerprint density at radius 2 is 0.746 bits per heavy atom. The quantitative estimate of drug-likeness (QED) is 0.228. The van der Waals surface area contributed by atoms with E-state index in [0.717, 1.165) is 45.4 Å². The van der Waals surface area contributed by atoms with Crippen molar-refractivity contribution in [3.63, 3.8) is 0 Å². The highest BCUT2D eigenvalue weighted by atomic mass is 15.1. The SMILES string of the molecule is C/C=C/C.C/C=C/CC.C/C=C\C.C=C(C)C.C=CC.C=CCC.C=CCN(C)C.CC(C)=C(C)C.CC=C(C)C.CC=C(C)C.CCC=C(C)C.CCN(C)C.CCN(C)CC.CCc1ccccc1. The van der Waals surface area contributed by atoms with Crippen LogP contribution in [-0.2, 0) is 6.42 Å². The number of allylic oxidation sites excluding steroid dienone is 17. The van der Waals surface area contributed by atoms with Crippen LogP contribution in [0.25, 0.3) is 0 Å². The van der Waals surface area contributed by atoms with Crippen LogP contribution >= 0.6 is 0 Å². The van der Waals surface area contributed by atoms with Crippen LogP contribution in [-0.4, -0.2) is 76.1 Å². The third-order valence-corrected chi connectivity index (χ3v) is 7.65. The van der Waals surface area contributed by atoms with Crippen LogP contribution in [0, 0.1) is 0 Å². The minimum atomic E-state index is 0.972. The van der Waals surface area contributed by atoms with Gasteiger partial charge in [0.15, 0.2) is 0 Å². The van der Waals surface area contributed by atoms with Gasteiger partial charge in [-0.15, -0.1) is 26.3 Å². The maximum atomic E-state index is 3.56. The smallest absolute Gasteiger partial charge is 0.0154 e. The van der Waals surface area contributed by atoms with E-state index in [0.29, 0.717) is 0 Å². The summed E-state index contributed by atoms with van der Waals surface area (Å²) in [5.41, 5.74) is 9.60. The summed E-state index contributed by atoms with van der Waals surface area (Å²) < 4.78 is 0. The Hall–Kier alpha value is -3.76. The molecule has 0 spiro atoms. The minimum absolute atomic E-state index is 0.972. The molecule has 3 nitrogen and oxygen atoms in total. The van der Waals surface area contributed by atoms with Gasteiger partial charge in [0, 0.05) is 6.54 Å². The molecular formula is C68H137N3. The largest absolute Gasteiger partial charge is 0.310 e. The molecule has 1 rings (SSSR count). The van der Waals surface area contributed by atoms with Crippen LogP contribution in [0.5, 0.6) is 0 Å². The molecule has 0 heterocycles. The van der Waals surface area contributed by atoms with Gasteiger partial charge in [0.05, 0.1) is 0 Å². The third kappa shape index (κ3) is 280. The molecule has 0 fully saturated rings. The van der Waals surface area contributed by atoms with E-state index < -0.39 is 0 Å². The first-order valence-electron chi connectivity index (χ1n) is 26.7. The zero-order valence-electron chi connectivity index (χ0n) is 55.1. The van der Waals surface area contributed by atoms with Gasteiger partial charge in [0.1, 0.15) is 0 Å². The van der Waals surface area contributed by atoms with Crippen LogP contribution in [0.2, 0.25) is 0 Å². The van der Waals surface area contributed by atoms with Crippen molar-refractivity contribution in [3.05, 3.63) is 169 Å². The molecule has 0 amide bonds. The van der Waals surface area contributed by atoms with E-state index in [9.17, 15) is 0 Å². The molecule has 1 aromatic rings. The van der Waals surface area contributed by atoms with E-state index >= 15 is 0 Å². The maximum absolute atomic E-state index is 3.56. The van der Waals surface area contributed by atoms with Crippen LogP contribution in [0.1, 0.15) is 212 Å². The van der Waals surface area contributed by atoms with E-state index in [2.05, 4.69) is 235 Å². The molecule has 0 radical (unpaired) electrons. The van der Waals surface area contributed by atoms with Crippen molar-refractivity contribution in [2.45, 2.75) is 213 Å². The van der Waals surface area contributed by atoms with Crippen molar-refractivity contribution in [2.24, 2.45) is 0 Å². The van der Waals surface area contributed by atoms with Crippen LogP contribution < -0.4 is 0 Å². The lowest BCUT2D eigenvalue weighted by atomic mass is 10.2. The number of nitrogens with zero attached hydrogens (tertiary/aromatic N) is 3. The average molecular weight is 997 g/mol. The van der Waals surface area contributed by atoms with Crippen LogP contribution in [0.3, 0.4) is 0 Å². The number of hydrogen-bond donors (Lipinski definition) is 0. The highest BCUT2D eigenvalue weighted by Gasteiger charge is 1.82. The summed E-state index contributed by atoms with van der Waals surface area (Å²) in [7, 11) is 10.3. The fraction of sp³-hybridized carbons (Fsp3) is 0.588. The van der Waals surface area contributed by atoms with E-state index in [4.69, 9.17) is 0 Å². The third-order valence-electron chi connectivity index (χ3n) is 7.65. The topological polar surface area (TPSA) is 9.72 Å². The van der Waals surface area contributed by atoms with Crippen molar-refractivity contribution < 1.29 is 0 Å². The molecule has 0 saturated heterocycles. The molecule has 424 valence electrons. The maximum Gasteiger partial charge on any atom is 0.0154 e. The summed E-state index contributed by atoms with van der Waals surface area (Å²) in [5.74, 6) is 0. The van der Waals surface area contributed by atoms with Gasteiger partial charge in [-0.1, -0.05) is 185 Å². The molecule has 0 aliphatic heterocycles. The standard InChI is InChI=1S/C8H10.2C6H12.C5H11N.C5H13N.3C5H10.C4H11N.4C4H8.C3H6/c1-2-8-6-4-3-5-7-8;1-5(2)6(3)4;2*1-4-5-6(2)3;1-4-6(3)5-2;2*1-4-5(2)3;1-3-5-4-2;1-4-5(2)3;1-4(2)3;3*1-3-4-2;1-3-2/h3-7H,2H2,1H3;1-4H3;5H,4H2,1-3H3;4H,1,5H2,2-3H3;4-5H2,1-3H3;2*4H,1-3H3;3,5H,4H2,1-2H3;4H2,1-3H3;1H2,2-3H3;2*3-4H,1-2H3;3H,1,4H2,2H3;3H,1H2,2H3/b;;;;;;;5-3+;;;4-3+;4-3-;;. The Morgan fingerprint density at radius 3 is 0.789 bits per heavy atom. The zero-order chi connectivity index (χ0) is 59.5. The van der Waals surface area contributed by atoms with Gasteiger partial charge in [-0.2, -0.15) is 0 Å². The van der Waals surface area contributed by atoms with E-state index in [1.54, 1.807) is 6.08 Å². The second-order valence-corrected chi connectivity index (χ2v) is 17.3.